The Balaban J connectivity index is 1.45. The predicted molar refractivity (Wildman–Crippen MR) is 122 cm³/mol. The molecule has 0 unspecified atom stereocenters. The van der Waals surface area contributed by atoms with Crippen molar-refractivity contribution in [2.75, 3.05) is 0 Å². The van der Waals surface area contributed by atoms with Crippen molar-refractivity contribution in [3.63, 3.8) is 0 Å². The zero-order valence-corrected chi connectivity index (χ0v) is 17.4. The molecule has 0 aliphatic carbocycles. The Hall–Kier alpha value is -3.97. The number of thiophene rings is 1. The highest BCUT2D eigenvalue weighted by Gasteiger charge is 2.14. The summed E-state index contributed by atoms with van der Waals surface area (Å²) in [5.41, 5.74) is 2.62. The Morgan fingerprint density at radius 3 is 2.48 bits per heavy atom. The molecule has 0 spiro atoms. The largest absolute Gasteiger partial charge is 0.347 e. The highest BCUT2D eigenvalue weighted by Crippen LogP contribution is 2.14. The van der Waals surface area contributed by atoms with Crippen molar-refractivity contribution >= 4 is 29.2 Å². The molecule has 2 aromatic carbocycles. The van der Waals surface area contributed by atoms with Gasteiger partial charge in [-0.15, -0.1) is 11.3 Å². The number of carbonyl (C=O) groups is 2. The van der Waals surface area contributed by atoms with Gasteiger partial charge in [-0.3, -0.25) is 9.59 Å². The summed E-state index contributed by atoms with van der Waals surface area (Å²) in [7, 11) is 0. The van der Waals surface area contributed by atoms with E-state index < -0.39 is 0 Å². The second-order valence-electron chi connectivity index (χ2n) is 6.71. The molecular formula is C24H20N4O2S. The van der Waals surface area contributed by atoms with Crippen molar-refractivity contribution in [2.24, 2.45) is 0 Å². The molecule has 0 fully saturated rings. The summed E-state index contributed by atoms with van der Waals surface area (Å²) >= 11 is 1.49. The minimum absolute atomic E-state index is 0.200. The molecule has 0 saturated heterocycles. The Morgan fingerprint density at radius 1 is 1.00 bits per heavy atom. The summed E-state index contributed by atoms with van der Waals surface area (Å²) in [5.74, 6) is -0.681. The van der Waals surface area contributed by atoms with Crippen LogP contribution in [0.5, 0.6) is 0 Å². The molecule has 2 amide bonds. The van der Waals surface area contributed by atoms with Crippen molar-refractivity contribution in [3.8, 4) is 5.69 Å². The third-order valence-electron chi connectivity index (χ3n) is 4.55. The first-order chi connectivity index (χ1) is 15.2. The van der Waals surface area contributed by atoms with Gasteiger partial charge in [-0.2, -0.15) is 0 Å². The van der Waals surface area contributed by atoms with Gasteiger partial charge in [0.15, 0.2) is 0 Å². The lowest BCUT2D eigenvalue weighted by Gasteiger charge is -2.11. The van der Waals surface area contributed by atoms with Gasteiger partial charge in [-0.25, -0.2) is 4.98 Å². The van der Waals surface area contributed by atoms with Crippen molar-refractivity contribution in [1.29, 1.82) is 0 Å². The fourth-order valence-corrected chi connectivity index (χ4v) is 3.59. The standard InChI is InChI=1S/C24H20N4O2S/c29-23(19-5-2-1-3-6-19)27-22(15-21-7-4-14-31-21)24(30)26-16-18-8-10-20(11-9-18)28-13-12-25-17-28/h1-15,17H,16H2,(H,26,30)(H,27,29)/b22-15-. The van der Waals surface area contributed by atoms with Crippen LogP contribution in [0.25, 0.3) is 11.8 Å². The fourth-order valence-electron chi connectivity index (χ4n) is 2.93. The number of rotatable bonds is 7. The number of benzene rings is 2. The normalized spacial score (nSPS) is 11.2. The Bertz CT molecular complexity index is 1170. The molecule has 7 heteroatoms. The monoisotopic (exact) mass is 428 g/mol. The molecule has 2 aromatic heterocycles. The van der Waals surface area contributed by atoms with Gasteiger partial charge in [0.2, 0.25) is 0 Å². The Morgan fingerprint density at radius 2 is 1.81 bits per heavy atom. The minimum Gasteiger partial charge on any atom is -0.347 e. The second-order valence-corrected chi connectivity index (χ2v) is 7.69. The molecule has 0 saturated carbocycles. The lowest BCUT2D eigenvalue weighted by Crippen LogP contribution is -2.34. The number of imidazole rings is 1. The van der Waals surface area contributed by atoms with E-state index in [1.165, 1.54) is 11.3 Å². The summed E-state index contributed by atoms with van der Waals surface area (Å²) in [6, 6.07) is 20.4. The molecular weight excluding hydrogens is 408 g/mol. The number of hydrogen-bond donors (Lipinski definition) is 2. The maximum Gasteiger partial charge on any atom is 0.268 e. The van der Waals surface area contributed by atoms with Crippen molar-refractivity contribution < 1.29 is 9.59 Å². The summed E-state index contributed by atoms with van der Waals surface area (Å²) in [6.45, 7) is 0.339. The third-order valence-corrected chi connectivity index (χ3v) is 5.37. The molecule has 31 heavy (non-hydrogen) atoms. The van der Waals surface area contributed by atoms with Gasteiger partial charge in [0.1, 0.15) is 5.70 Å². The predicted octanol–water partition coefficient (Wildman–Crippen LogP) is 4.02. The van der Waals surface area contributed by atoms with E-state index in [1.807, 2.05) is 58.6 Å². The zero-order chi connectivity index (χ0) is 21.5. The SMILES string of the molecule is O=C(NCc1ccc(-n2ccnc2)cc1)/C(=C/c1cccs1)NC(=O)c1ccccc1. The lowest BCUT2D eigenvalue weighted by atomic mass is 10.2. The van der Waals surface area contributed by atoms with E-state index in [0.717, 1.165) is 16.1 Å². The lowest BCUT2D eigenvalue weighted by molar-refractivity contribution is -0.117. The molecule has 4 rings (SSSR count). The van der Waals surface area contributed by atoms with Gasteiger partial charge in [0, 0.05) is 35.1 Å². The number of nitrogens with one attached hydrogen (secondary N) is 2. The third kappa shape index (κ3) is 5.34. The van der Waals surface area contributed by atoms with Crippen LogP contribution < -0.4 is 10.6 Å². The first-order valence-electron chi connectivity index (χ1n) is 9.66. The maximum absolute atomic E-state index is 12.9. The molecule has 0 radical (unpaired) electrons. The van der Waals surface area contributed by atoms with Gasteiger partial charge >= 0.3 is 0 Å². The summed E-state index contributed by atoms with van der Waals surface area (Å²) in [5, 5.41) is 7.55. The summed E-state index contributed by atoms with van der Waals surface area (Å²) in [4.78, 5) is 30.4. The van der Waals surface area contributed by atoms with E-state index >= 15 is 0 Å². The van der Waals surface area contributed by atoms with Gasteiger partial charge in [0.05, 0.1) is 6.33 Å². The number of nitrogens with zero attached hydrogens (tertiary/aromatic N) is 2. The van der Waals surface area contributed by atoms with E-state index in [-0.39, 0.29) is 17.5 Å². The van der Waals surface area contributed by atoms with E-state index in [1.54, 1.807) is 42.9 Å². The maximum atomic E-state index is 12.9. The van der Waals surface area contributed by atoms with E-state index in [4.69, 9.17) is 0 Å². The zero-order valence-electron chi connectivity index (χ0n) is 16.6. The molecule has 0 bridgehead atoms. The van der Waals surface area contributed by atoms with Gasteiger partial charge in [-0.1, -0.05) is 36.4 Å². The van der Waals surface area contributed by atoms with Crippen LogP contribution in [0, 0.1) is 0 Å². The molecule has 0 atom stereocenters. The number of aromatic nitrogens is 2. The van der Waals surface area contributed by atoms with E-state index in [9.17, 15) is 9.59 Å². The average molecular weight is 429 g/mol. The van der Waals surface area contributed by atoms with Crippen LogP contribution in [0.3, 0.4) is 0 Å². The Kier molecular flexibility index (Phi) is 6.35. The van der Waals surface area contributed by atoms with Crippen LogP contribution in [-0.4, -0.2) is 21.4 Å². The molecule has 154 valence electrons. The van der Waals surface area contributed by atoms with E-state index in [0.29, 0.717) is 12.1 Å². The number of amides is 2. The summed E-state index contributed by atoms with van der Waals surface area (Å²) < 4.78 is 1.91. The first kappa shape index (κ1) is 20.3. The number of hydrogen-bond acceptors (Lipinski definition) is 4. The van der Waals surface area contributed by atoms with Crippen LogP contribution in [0.15, 0.2) is 96.5 Å². The molecule has 2 heterocycles. The molecule has 2 N–H and O–H groups in total. The highest BCUT2D eigenvalue weighted by atomic mass is 32.1. The van der Waals surface area contributed by atoms with Crippen molar-refractivity contribution in [2.45, 2.75) is 6.54 Å². The molecule has 4 aromatic rings. The molecule has 6 nitrogen and oxygen atoms in total. The molecule has 0 aliphatic rings. The quantitative estimate of drug-likeness (QED) is 0.437. The van der Waals surface area contributed by atoms with Gasteiger partial charge in [-0.05, 0) is 47.4 Å². The second kappa shape index (κ2) is 9.69. The topological polar surface area (TPSA) is 76.0 Å². The van der Waals surface area contributed by atoms with Crippen LogP contribution in [0.2, 0.25) is 0 Å². The van der Waals surface area contributed by atoms with E-state index in [2.05, 4.69) is 15.6 Å². The van der Waals surface area contributed by atoms with Crippen molar-refractivity contribution in [1.82, 2.24) is 20.2 Å². The minimum atomic E-state index is -0.351. The van der Waals surface area contributed by atoms with Crippen molar-refractivity contribution in [3.05, 3.63) is 113 Å². The van der Waals surface area contributed by atoms with Gasteiger partial charge in [0.25, 0.3) is 11.8 Å². The first-order valence-corrected chi connectivity index (χ1v) is 10.5. The fraction of sp³-hybridized carbons (Fsp3) is 0.0417. The van der Waals surface area contributed by atoms with Crippen LogP contribution in [0.4, 0.5) is 0 Å². The average Bonchev–Trinajstić information content (AvgIpc) is 3.52. The van der Waals surface area contributed by atoms with Crippen LogP contribution in [0.1, 0.15) is 20.8 Å². The van der Waals surface area contributed by atoms with Crippen LogP contribution >= 0.6 is 11.3 Å². The van der Waals surface area contributed by atoms with Crippen LogP contribution in [-0.2, 0) is 11.3 Å². The highest BCUT2D eigenvalue weighted by molar-refractivity contribution is 7.10. The Labute approximate surface area is 183 Å². The summed E-state index contributed by atoms with van der Waals surface area (Å²) in [6.07, 6.45) is 7.00. The number of carbonyl (C=O) groups excluding carboxylic acids is 2. The van der Waals surface area contributed by atoms with Gasteiger partial charge < -0.3 is 15.2 Å². The molecule has 0 aliphatic heterocycles. The smallest absolute Gasteiger partial charge is 0.268 e.